The highest BCUT2D eigenvalue weighted by Gasteiger charge is 2.12. The second-order valence-corrected chi connectivity index (χ2v) is 8.79. The largest absolute Gasteiger partial charge is 0.338 e. The molecule has 3 aromatic carbocycles. The molecular weight excluding hydrogens is 382 g/mol. The Labute approximate surface area is 183 Å². The van der Waals surface area contributed by atoms with Crippen molar-refractivity contribution in [3.63, 3.8) is 0 Å². The van der Waals surface area contributed by atoms with E-state index in [2.05, 4.69) is 72.5 Å². The van der Waals surface area contributed by atoms with Crippen molar-refractivity contribution >= 4 is 34.8 Å². The molecule has 0 aliphatic carbocycles. The van der Waals surface area contributed by atoms with Crippen LogP contribution in [0.2, 0.25) is 0 Å². The van der Waals surface area contributed by atoms with Gasteiger partial charge in [-0.2, -0.15) is 0 Å². The van der Waals surface area contributed by atoms with Crippen molar-refractivity contribution in [2.24, 2.45) is 0 Å². The normalized spacial score (nSPS) is 11.9. The molecule has 0 radical (unpaired) electrons. The van der Waals surface area contributed by atoms with Gasteiger partial charge in [0, 0.05) is 18.2 Å². The van der Waals surface area contributed by atoms with E-state index in [9.17, 15) is 4.79 Å². The van der Waals surface area contributed by atoms with Gasteiger partial charge in [-0.1, -0.05) is 75.4 Å². The monoisotopic (exact) mass is 409 g/mol. The molecule has 156 valence electrons. The number of aromatic amines is 1. The zero-order valence-corrected chi connectivity index (χ0v) is 18.4. The van der Waals surface area contributed by atoms with Gasteiger partial charge >= 0.3 is 0 Å². The average molecular weight is 410 g/mol. The Morgan fingerprint density at radius 2 is 1.71 bits per heavy atom. The van der Waals surface area contributed by atoms with Gasteiger partial charge in [0.15, 0.2) is 0 Å². The first kappa shape index (κ1) is 20.6. The summed E-state index contributed by atoms with van der Waals surface area (Å²) in [6.07, 6.45) is 4.06. The lowest BCUT2D eigenvalue weighted by atomic mass is 9.87. The molecule has 31 heavy (non-hydrogen) atoms. The summed E-state index contributed by atoms with van der Waals surface area (Å²) < 4.78 is 0. The van der Waals surface area contributed by atoms with Crippen molar-refractivity contribution in [1.29, 1.82) is 0 Å². The van der Waals surface area contributed by atoms with E-state index in [1.165, 1.54) is 12.5 Å². The summed E-state index contributed by atoms with van der Waals surface area (Å²) in [4.78, 5) is 19.6. The maximum absolute atomic E-state index is 11.5. The second-order valence-electron chi connectivity index (χ2n) is 8.79. The maximum Gasteiger partial charge on any atom is 0.221 e. The highest BCUT2D eigenvalue weighted by molar-refractivity contribution is 5.95. The third-order valence-electron chi connectivity index (χ3n) is 5.26. The quantitative estimate of drug-likeness (QED) is 0.396. The molecule has 2 N–H and O–H groups in total. The number of H-pyrrole nitrogens is 1. The van der Waals surface area contributed by atoms with Crippen LogP contribution < -0.4 is 5.32 Å². The van der Waals surface area contributed by atoms with Crippen molar-refractivity contribution in [2.75, 3.05) is 5.32 Å². The highest BCUT2D eigenvalue weighted by atomic mass is 16.1. The number of aromatic nitrogens is 2. The summed E-state index contributed by atoms with van der Waals surface area (Å²) in [5, 5.41) is 2.90. The van der Waals surface area contributed by atoms with Gasteiger partial charge in [-0.3, -0.25) is 4.79 Å². The van der Waals surface area contributed by atoms with Crippen LogP contribution in [0.5, 0.6) is 0 Å². The Morgan fingerprint density at radius 1 is 0.968 bits per heavy atom. The molecule has 1 heterocycles. The van der Waals surface area contributed by atoms with E-state index in [1.54, 1.807) is 0 Å². The number of carbonyl (C=O) groups excluding carboxylic acids is 1. The average Bonchev–Trinajstić information content (AvgIpc) is 3.14. The topological polar surface area (TPSA) is 57.8 Å². The molecule has 1 amide bonds. The molecule has 1 aromatic heterocycles. The number of imidazole rings is 1. The predicted molar refractivity (Wildman–Crippen MR) is 130 cm³/mol. The lowest BCUT2D eigenvalue weighted by Crippen LogP contribution is -2.10. The van der Waals surface area contributed by atoms with Gasteiger partial charge in [0.05, 0.1) is 11.0 Å². The Hall–Kier alpha value is -3.66. The van der Waals surface area contributed by atoms with Crippen LogP contribution in [0.1, 0.15) is 44.6 Å². The van der Waals surface area contributed by atoms with Gasteiger partial charge in [0.25, 0.3) is 0 Å². The zero-order chi connectivity index (χ0) is 22.0. The van der Waals surface area contributed by atoms with Crippen LogP contribution in [0.3, 0.4) is 0 Å². The first-order valence-corrected chi connectivity index (χ1v) is 10.4. The maximum atomic E-state index is 11.5. The van der Waals surface area contributed by atoms with Gasteiger partial charge in [0.2, 0.25) is 5.91 Å². The third-order valence-corrected chi connectivity index (χ3v) is 5.26. The van der Waals surface area contributed by atoms with Crippen LogP contribution in [0.25, 0.3) is 34.3 Å². The predicted octanol–water partition coefficient (Wildman–Crippen LogP) is 6.66. The molecule has 4 nitrogen and oxygen atoms in total. The number of hydrogen-bond donors (Lipinski definition) is 2. The van der Waals surface area contributed by atoms with E-state index in [0.29, 0.717) is 0 Å². The highest BCUT2D eigenvalue weighted by Crippen LogP contribution is 2.30. The smallest absolute Gasteiger partial charge is 0.221 e. The van der Waals surface area contributed by atoms with E-state index in [1.807, 2.05) is 42.5 Å². The van der Waals surface area contributed by atoms with Crippen molar-refractivity contribution in [3.05, 3.63) is 83.7 Å². The molecule has 0 saturated carbocycles. The number of amides is 1. The van der Waals surface area contributed by atoms with Gasteiger partial charge in [-0.25, -0.2) is 4.98 Å². The molecule has 0 bridgehead atoms. The summed E-state index contributed by atoms with van der Waals surface area (Å²) in [5.41, 5.74) is 7.27. The van der Waals surface area contributed by atoms with Crippen LogP contribution >= 0.6 is 0 Å². The first-order valence-electron chi connectivity index (χ1n) is 10.4. The fourth-order valence-electron chi connectivity index (χ4n) is 3.58. The minimum Gasteiger partial charge on any atom is -0.338 e. The van der Waals surface area contributed by atoms with Crippen molar-refractivity contribution in [2.45, 2.75) is 33.1 Å². The van der Waals surface area contributed by atoms with Gasteiger partial charge < -0.3 is 10.3 Å². The fourth-order valence-corrected chi connectivity index (χ4v) is 3.58. The summed E-state index contributed by atoms with van der Waals surface area (Å²) >= 11 is 0. The SMILES string of the molecule is CC(=O)Nc1ccccc1-c1ccc2nc(/C=C/c3ccc(C(C)(C)C)cc3)[nH]c2c1. The van der Waals surface area contributed by atoms with Crippen LogP contribution in [-0.4, -0.2) is 15.9 Å². The molecule has 0 unspecified atom stereocenters. The Morgan fingerprint density at radius 3 is 2.42 bits per heavy atom. The summed E-state index contributed by atoms with van der Waals surface area (Å²) in [6.45, 7) is 8.17. The van der Waals surface area contributed by atoms with Crippen molar-refractivity contribution < 1.29 is 4.79 Å². The number of benzene rings is 3. The number of hydrogen-bond acceptors (Lipinski definition) is 2. The summed E-state index contributed by atoms with van der Waals surface area (Å²) in [6, 6.07) is 22.5. The lowest BCUT2D eigenvalue weighted by Gasteiger charge is -2.18. The van der Waals surface area contributed by atoms with Crippen LogP contribution in [0.15, 0.2) is 66.7 Å². The number of anilines is 1. The van der Waals surface area contributed by atoms with E-state index in [0.717, 1.165) is 39.2 Å². The summed E-state index contributed by atoms with van der Waals surface area (Å²) in [7, 11) is 0. The number of nitrogens with one attached hydrogen (secondary N) is 2. The molecule has 0 fully saturated rings. The molecule has 0 saturated heterocycles. The molecule has 4 rings (SSSR count). The van der Waals surface area contributed by atoms with Gasteiger partial charge in [-0.05, 0) is 46.4 Å². The lowest BCUT2D eigenvalue weighted by molar-refractivity contribution is -0.114. The molecular formula is C27H27N3O. The minimum atomic E-state index is -0.0852. The number of para-hydroxylation sites is 1. The first-order chi connectivity index (χ1) is 14.8. The molecule has 4 heteroatoms. The molecule has 4 aromatic rings. The number of fused-ring (bicyclic) bond motifs is 1. The molecule has 0 spiro atoms. The van der Waals surface area contributed by atoms with Crippen molar-refractivity contribution in [3.8, 4) is 11.1 Å². The van der Waals surface area contributed by atoms with E-state index in [4.69, 9.17) is 0 Å². The standard InChI is InChI=1S/C27H27N3O/c1-18(31)28-23-8-6-5-7-22(23)20-12-15-24-25(17-20)30-26(29-24)16-11-19-9-13-21(14-10-19)27(2,3)4/h5-17H,1-4H3,(H,28,31)(H,29,30)/b16-11+. The van der Waals surface area contributed by atoms with E-state index < -0.39 is 0 Å². The van der Waals surface area contributed by atoms with E-state index >= 15 is 0 Å². The fraction of sp³-hybridized carbons (Fsp3) is 0.185. The van der Waals surface area contributed by atoms with Crippen LogP contribution in [0.4, 0.5) is 5.69 Å². The number of rotatable bonds is 4. The van der Waals surface area contributed by atoms with Crippen molar-refractivity contribution in [1.82, 2.24) is 9.97 Å². The summed E-state index contributed by atoms with van der Waals surface area (Å²) in [5.74, 6) is 0.722. The van der Waals surface area contributed by atoms with Crippen LogP contribution in [0, 0.1) is 0 Å². The third kappa shape index (κ3) is 4.75. The molecule has 0 aliphatic heterocycles. The number of carbonyl (C=O) groups is 1. The Kier molecular flexibility index (Phi) is 5.47. The van der Waals surface area contributed by atoms with E-state index in [-0.39, 0.29) is 11.3 Å². The Balaban J connectivity index is 1.60. The minimum absolute atomic E-state index is 0.0852. The van der Waals surface area contributed by atoms with Gasteiger partial charge in [-0.15, -0.1) is 0 Å². The molecule has 0 aliphatic rings. The zero-order valence-electron chi connectivity index (χ0n) is 18.4. The molecule has 0 atom stereocenters. The number of nitrogens with zero attached hydrogens (tertiary/aromatic N) is 1. The second kappa shape index (κ2) is 8.23. The van der Waals surface area contributed by atoms with Gasteiger partial charge in [0.1, 0.15) is 5.82 Å². The van der Waals surface area contributed by atoms with Crippen LogP contribution in [-0.2, 0) is 10.2 Å². The Bertz CT molecular complexity index is 1260.